The number of aliphatic hydroxyl groups is 1. The minimum atomic E-state index is -3.92. The predicted octanol–water partition coefficient (Wildman–Crippen LogP) is 0.892. The highest BCUT2D eigenvalue weighted by Crippen LogP contribution is 2.22. The first-order chi connectivity index (χ1) is 8.88. The van der Waals surface area contributed by atoms with Gasteiger partial charge in [-0.2, -0.15) is 0 Å². The quantitative estimate of drug-likeness (QED) is 0.572. The number of nitro groups is 1. The van der Waals surface area contributed by atoms with E-state index in [9.17, 15) is 18.5 Å². The van der Waals surface area contributed by atoms with Crippen molar-refractivity contribution in [1.82, 2.24) is 4.72 Å². The maximum Gasteiger partial charge on any atom is 0.289 e. The molecule has 0 aliphatic heterocycles. The molecule has 0 aliphatic carbocycles. The van der Waals surface area contributed by atoms with Crippen LogP contribution < -0.4 is 4.72 Å². The van der Waals surface area contributed by atoms with E-state index in [1.165, 1.54) is 18.2 Å². The van der Waals surface area contributed by atoms with Crippen molar-refractivity contribution in [3.63, 3.8) is 0 Å². The summed E-state index contributed by atoms with van der Waals surface area (Å²) in [4.78, 5) is 9.71. The van der Waals surface area contributed by atoms with Crippen LogP contribution in [0.25, 0.3) is 0 Å². The molecule has 0 spiro atoms. The summed E-state index contributed by atoms with van der Waals surface area (Å²) in [5, 5.41) is 19.5. The second-order valence-corrected chi connectivity index (χ2v) is 5.93. The van der Waals surface area contributed by atoms with Crippen molar-refractivity contribution in [1.29, 1.82) is 0 Å². The zero-order valence-corrected chi connectivity index (χ0v) is 11.3. The molecule has 1 rings (SSSR count). The molecule has 0 saturated heterocycles. The molecule has 7 nitrogen and oxygen atoms in total. The minimum Gasteiger partial charge on any atom is -0.396 e. The van der Waals surface area contributed by atoms with Gasteiger partial charge in [0.25, 0.3) is 5.69 Å². The molecule has 8 heteroatoms. The SMILES string of the molecule is CC(CCO)CNS(=O)(=O)c1ccccc1[N+](=O)[O-]. The zero-order valence-electron chi connectivity index (χ0n) is 10.4. The molecule has 106 valence electrons. The average Bonchev–Trinajstić information content (AvgIpc) is 2.37. The summed E-state index contributed by atoms with van der Waals surface area (Å²) in [5.74, 6) is -0.0532. The van der Waals surface area contributed by atoms with Crippen molar-refractivity contribution in [3.8, 4) is 0 Å². The smallest absolute Gasteiger partial charge is 0.289 e. The van der Waals surface area contributed by atoms with Crippen molar-refractivity contribution in [3.05, 3.63) is 34.4 Å². The molecule has 19 heavy (non-hydrogen) atoms. The Bertz CT molecular complexity index is 544. The molecule has 1 atom stereocenters. The van der Waals surface area contributed by atoms with Crippen LogP contribution in [0.5, 0.6) is 0 Å². The number of benzene rings is 1. The maximum absolute atomic E-state index is 12.0. The fourth-order valence-corrected chi connectivity index (χ4v) is 2.82. The molecule has 0 amide bonds. The second kappa shape index (κ2) is 6.60. The third-order valence-electron chi connectivity index (χ3n) is 2.60. The van der Waals surface area contributed by atoms with Crippen LogP contribution in [0, 0.1) is 16.0 Å². The molecule has 0 bridgehead atoms. The largest absolute Gasteiger partial charge is 0.396 e. The van der Waals surface area contributed by atoms with E-state index >= 15 is 0 Å². The molecule has 1 aromatic carbocycles. The molecule has 0 saturated carbocycles. The van der Waals surface area contributed by atoms with E-state index in [2.05, 4.69) is 4.72 Å². The summed E-state index contributed by atoms with van der Waals surface area (Å²) < 4.78 is 26.3. The van der Waals surface area contributed by atoms with E-state index in [1.54, 1.807) is 6.92 Å². The van der Waals surface area contributed by atoms with E-state index in [1.807, 2.05) is 0 Å². The lowest BCUT2D eigenvalue weighted by Crippen LogP contribution is -2.29. The van der Waals surface area contributed by atoms with Gasteiger partial charge in [-0.05, 0) is 18.4 Å². The first-order valence-corrected chi connectivity index (χ1v) is 7.20. The standard InChI is InChI=1S/C11H16N2O5S/c1-9(6-7-14)8-12-19(17,18)11-5-3-2-4-10(11)13(15)16/h2-5,9,12,14H,6-8H2,1H3. The lowest BCUT2D eigenvalue weighted by molar-refractivity contribution is -0.387. The van der Waals surface area contributed by atoms with Crippen LogP contribution >= 0.6 is 0 Å². The van der Waals surface area contributed by atoms with E-state index < -0.39 is 20.6 Å². The number of hydrogen-bond acceptors (Lipinski definition) is 5. The summed E-state index contributed by atoms with van der Waals surface area (Å²) in [7, 11) is -3.92. The second-order valence-electron chi connectivity index (χ2n) is 4.19. The molecule has 0 radical (unpaired) electrons. The number of rotatable bonds is 7. The third-order valence-corrected chi connectivity index (χ3v) is 4.07. The number of aliphatic hydroxyl groups excluding tert-OH is 1. The number of nitrogens with one attached hydrogen (secondary N) is 1. The lowest BCUT2D eigenvalue weighted by Gasteiger charge is -2.11. The van der Waals surface area contributed by atoms with Gasteiger partial charge in [-0.3, -0.25) is 10.1 Å². The van der Waals surface area contributed by atoms with Gasteiger partial charge in [0, 0.05) is 19.2 Å². The highest BCUT2D eigenvalue weighted by Gasteiger charge is 2.24. The van der Waals surface area contributed by atoms with Gasteiger partial charge < -0.3 is 5.11 Å². The van der Waals surface area contributed by atoms with Gasteiger partial charge in [0.2, 0.25) is 10.0 Å². The van der Waals surface area contributed by atoms with Gasteiger partial charge >= 0.3 is 0 Å². The topological polar surface area (TPSA) is 110 Å². The van der Waals surface area contributed by atoms with Crippen LogP contribution in [-0.2, 0) is 10.0 Å². The fraction of sp³-hybridized carbons (Fsp3) is 0.455. The molecule has 1 unspecified atom stereocenters. The van der Waals surface area contributed by atoms with Gasteiger partial charge in [-0.25, -0.2) is 13.1 Å². The molecule has 0 heterocycles. The summed E-state index contributed by atoms with van der Waals surface area (Å²) in [5.41, 5.74) is -0.454. The molecule has 0 aromatic heterocycles. The molecule has 0 fully saturated rings. The van der Waals surface area contributed by atoms with Gasteiger partial charge in [0.05, 0.1) is 4.92 Å². The van der Waals surface area contributed by atoms with Gasteiger partial charge in [-0.1, -0.05) is 19.1 Å². The molecule has 0 aliphatic rings. The molecule has 2 N–H and O–H groups in total. The Morgan fingerprint density at radius 2 is 2.05 bits per heavy atom. The minimum absolute atomic E-state index is 0.0334. The van der Waals surface area contributed by atoms with Gasteiger partial charge in [-0.15, -0.1) is 0 Å². The van der Waals surface area contributed by atoms with E-state index in [-0.39, 0.29) is 24.0 Å². The Hall–Kier alpha value is -1.51. The van der Waals surface area contributed by atoms with Crippen molar-refractivity contribution in [2.75, 3.05) is 13.2 Å². The lowest BCUT2D eigenvalue weighted by atomic mass is 10.1. The van der Waals surface area contributed by atoms with Crippen molar-refractivity contribution < 1.29 is 18.4 Å². The summed E-state index contributed by atoms with van der Waals surface area (Å²) in [6, 6.07) is 5.17. The number of nitro benzene ring substituents is 1. The first-order valence-electron chi connectivity index (χ1n) is 5.72. The Morgan fingerprint density at radius 3 is 2.63 bits per heavy atom. The highest BCUT2D eigenvalue weighted by atomic mass is 32.2. The van der Waals surface area contributed by atoms with Crippen LogP contribution in [0.15, 0.2) is 29.2 Å². The van der Waals surface area contributed by atoms with Gasteiger partial charge in [0.1, 0.15) is 0 Å². The summed E-state index contributed by atoms with van der Waals surface area (Å²) >= 11 is 0. The van der Waals surface area contributed by atoms with E-state index in [0.717, 1.165) is 6.07 Å². The van der Waals surface area contributed by atoms with E-state index in [4.69, 9.17) is 5.11 Å². The van der Waals surface area contributed by atoms with Crippen LogP contribution in [0.3, 0.4) is 0 Å². The van der Waals surface area contributed by atoms with Crippen LogP contribution in [-0.4, -0.2) is 31.6 Å². The van der Waals surface area contributed by atoms with Crippen LogP contribution in [0.2, 0.25) is 0 Å². The van der Waals surface area contributed by atoms with E-state index in [0.29, 0.717) is 6.42 Å². The summed E-state index contributed by atoms with van der Waals surface area (Å²) in [6.45, 7) is 1.86. The van der Waals surface area contributed by atoms with Crippen molar-refractivity contribution in [2.45, 2.75) is 18.2 Å². The Kier molecular flexibility index (Phi) is 5.40. The Balaban J connectivity index is 2.92. The van der Waals surface area contributed by atoms with Crippen LogP contribution in [0.4, 0.5) is 5.69 Å². The first kappa shape index (κ1) is 15.5. The molecular formula is C11H16N2O5S. The zero-order chi connectivity index (χ0) is 14.5. The Labute approximate surface area is 111 Å². The average molecular weight is 288 g/mol. The number of sulfonamides is 1. The predicted molar refractivity (Wildman–Crippen MR) is 69.2 cm³/mol. The number of hydrogen-bond donors (Lipinski definition) is 2. The maximum atomic E-state index is 12.0. The van der Waals surface area contributed by atoms with Crippen molar-refractivity contribution in [2.24, 2.45) is 5.92 Å². The monoisotopic (exact) mass is 288 g/mol. The highest BCUT2D eigenvalue weighted by molar-refractivity contribution is 7.89. The summed E-state index contributed by atoms with van der Waals surface area (Å²) in [6.07, 6.45) is 0.458. The number of nitrogens with zero attached hydrogens (tertiary/aromatic N) is 1. The normalized spacial score (nSPS) is 13.2. The molecular weight excluding hydrogens is 272 g/mol. The third kappa shape index (κ3) is 4.27. The Morgan fingerprint density at radius 1 is 1.42 bits per heavy atom. The van der Waals surface area contributed by atoms with Crippen LogP contribution in [0.1, 0.15) is 13.3 Å². The molecule has 1 aromatic rings. The van der Waals surface area contributed by atoms with Crippen molar-refractivity contribution >= 4 is 15.7 Å². The fourth-order valence-electron chi connectivity index (χ4n) is 1.49. The number of para-hydroxylation sites is 1. The van der Waals surface area contributed by atoms with Gasteiger partial charge in [0.15, 0.2) is 4.90 Å².